The molecule has 0 saturated carbocycles. The molecule has 0 fully saturated rings. The zero-order chi connectivity index (χ0) is 19.9. The fourth-order valence-corrected chi connectivity index (χ4v) is 2.58. The van der Waals surface area contributed by atoms with E-state index in [1.54, 1.807) is 48.5 Å². The molecule has 0 heterocycles. The van der Waals surface area contributed by atoms with Crippen LogP contribution >= 0.6 is 11.6 Å². The van der Waals surface area contributed by atoms with Crippen molar-refractivity contribution < 1.29 is 18.7 Å². The van der Waals surface area contributed by atoms with Gasteiger partial charge in [-0.25, -0.2) is 4.39 Å². The van der Waals surface area contributed by atoms with Crippen molar-refractivity contribution in [3.05, 3.63) is 89.2 Å². The van der Waals surface area contributed by atoms with E-state index in [-0.39, 0.29) is 27.9 Å². The van der Waals surface area contributed by atoms with Crippen molar-refractivity contribution in [2.24, 2.45) is 0 Å². The minimum absolute atomic E-state index is 0.00638. The Bertz CT molecular complexity index is 996. The van der Waals surface area contributed by atoms with Gasteiger partial charge in [-0.3, -0.25) is 9.59 Å². The summed E-state index contributed by atoms with van der Waals surface area (Å²) in [6.07, 6.45) is 0. The Morgan fingerprint density at radius 1 is 0.929 bits per heavy atom. The standard InChI is InChI=1S/C21H16ClFN2O3/c22-14-10-11-18(17(23)12-14)25-20(26)13-28-19-9-5-4-8-16(19)21(27)24-15-6-2-1-3-7-15/h1-12H,13H2,(H,24,27)(H,25,26). The third-order valence-electron chi connectivity index (χ3n) is 3.73. The second kappa shape index (κ2) is 9.01. The number of ether oxygens (including phenoxy) is 1. The van der Waals surface area contributed by atoms with Crippen LogP contribution in [0.15, 0.2) is 72.8 Å². The van der Waals surface area contributed by atoms with E-state index < -0.39 is 18.3 Å². The molecule has 28 heavy (non-hydrogen) atoms. The van der Waals surface area contributed by atoms with Crippen LogP contribution in [-0.2, 0) is 4.79 Å². The Kier molecular flexibility index (Phi) is 6.24. The molecule has 142 valence electrons. The molecule has 0 aliphatic heterocycles. The van der Waals surface area contributed by atoms with Crippen LogP contribution in [0, 0.1) is 5.82 Å². The topological polar surface area (TPSA) is 67.4 Å². The molecule has 2 amide bonds. The average Bonchev–Trinajstić information content (AvgIpc) is 2.69. The first-order valence-electron chi connectivity index (χ1n) is 8.36. The summed E-state index contributed by atoms with van der Waals surface area (Å²) in [7, 11) is 0. The predicted octanol–water partition coefficient (Wildman–Crippen LogP) is 4.75. The van der Waals surface area contributed by atoms with Gasteiger partial charge in [0.05, 0.1) is 11.3 Å². The van der Waals surface area contributed by atoms with Gasteiger partial charge in [0.1, 0.15) is 11.6 Å². The Morgan fingerprint density at radius 3 is 2.39 bits per heavy atom. The number of anilines is 2. The van der Waals surface area contributed by atoms with Gasteiger partial charge in [0.25, 0.3) is 11.8 Å². The molecule has 0 atom stereocenters. The lowest BCUT2D eigenvalue weighted by molar-refractivity contribution is -0.118. The minimum Gasteiger partial charge on any atom is -0.483 e. The maximum absolute atomic E-state index is 13.8. The monoisotopic (exact) mass is 398 g/mol. The number of amides is 2. The highest BCUT2D eigenvalue weighted by Gasteiger charge is 2.14. The average molecular weight is 399 g/mol. The summed E-state index contributed by atoms with van der Waals surface area (Å²) in [5.74, 6) is -1.35. The van der Waals surface area contributed by atoms with Crippen molar-refractivity contribution in [2.45, 2.75) is 0 Å². The number of carbonyl (C=O) groups excluding carboxylic acids is 2. The fraction of sp³-hybridized carbons (Fsp3) is 0.0476. The van der Waals surface area contributed by atoms with Gasteiger partial charge in [0, 0.05) is 10.7 Å². The molecule has 0 unspecified atom stereocenters. The highest BCUT2D eigenvalue weighted by Crippen LogP contribution is 2.21. The molecule has 0 aromatic heterocycles. The zero-order valence-electron chi connectivity index (χ0n) is 14.6. The number of hydrogen-bond acceptors (Lipinski definition) is 3. The van der Waals surface area contributed by atoms with E-state index in [2.05, 4.69) is 10.6 Å². The first-order valence-corrected chi connectivity index (χ1v) is 8.74. The predicted molar refractivity (Wildman–Crippen MR) is 106 cm³/mol. The molecule has 3 aromatic carbocycles. The summed E-state index contributed by atoms with van der Waals surface area (Å²) >= 11 is 5.68. The van der Waals surface area contributed by atoms with Gasteiger partial charge in [-0.15, -0.1) is 0 Å². The molecule has 0 aliphatic rings. The van der Waals surface area contributed by atoms with E-state index in [1.807, 2.05) is 6.07 Å². The van der Waals surface area contributed by atoms with Gasteiger partial charge in [-0.05, 0) is 42.5 Å². The first-order chi connectivity index (χ1) is 13.5. The maximum atomic E-state index is 13.8. The molecule has 0 radical (unpaired) electrons. The van der Waals surface area contributed by atoms with Crippen LogP contribution < -0.4 is 15.4 Å². The summed E-state index contributed by atoms with van der Waals surface area (Å²) in [6.45, 7) is -0.391. The van der Waals surface area contributed by atoms with E-state index in [4.69, 9.17) is 16.3 Å². The Labute approximate surface area is 166 Å². The number of para-hydroxylation sites is 2. The van der Waals surface area contributed by atoms with Crippen LogP contribution in [0.3, 0.4) is 0 Å². The van der Waals surface area contributed by atoms with Gasteiger partial charge in [-0.1, -0.05) is 41.9 Å². The number of nitrogens with one attached hydrogen (secondary N) is 2. The molecule has 0 spiro atoms. The molecular weight excluding hydrogens is 383 g/mol. The molecule has 3 rings (SSSR count). The number of carbonyl (C=O) groups is 2. The van der Waals surface area contributed by atoms with Crippen LogP contribution in [0.2, 0.25) is 5.02 Å². The van der Waals surface area contributed by atoms with Crippen molar-refractivity contribution in [1.82, 2.24) is 0 Å². The molecule has 0 saturated heterocycles. The van der Waals surface area contributed by atoms with Crippen molar-refractivity contribution in [1.29, 1.82) is 0 Å². The molecule has 7 heteroatoms. The quantitative estimate of drug-likeness (QED) is 0.629. The highest BCUT2D eigenvalue weighted by atomic mass is 35.5. The van der Waals surface area contributed by atoms with Crippen molar-refractivity contribution in [2.75, 3.05) is 17.2 Å². The second-order valence-electron chi connectivity index (χ2n) is 5.78. The lowest BCUT2D eigenvalue weighted by atomic mass is 10.2. The summed E-state index contributed by atoms with van der Waals surface area (Å²) in [4.78, 5) is 24.6. The Hall–Kier alpha value is -3.38. The molecule has 0 aliphatic carbocycles. The molecule has 3 aromatic rings. The number of benzene rings is 3. The van der Waals surface area contributed by atoms with Gasteiger partial charge in [-0.2, -0.15) is 0 Å². The zero-order valence-corrected chi connectivity index (χ0v) is 15.4. The largest absolute Gasteiger partial charge is 0.483 e. The van der Waals surface area contributed by atoms with Crippen LogP contribution in [0.4, 0.5) is 15.8 Å². The molecular formula is C21H16ClFN2O3. The smallest absolute Gasteiger partial charge is 0.262 e. The lowest BCUT2D eigenvalue weighted by Crippen LogP contribution is -2.22. The summed E-state index contributed by atoms with van der Waals surface area (Å²) < 4.78 is 19.2. The maximum Gasteiger partial charge on any atom is 0.262 e. The summed E-state index contributed by atoms with van der Waals surface area (Å²) in [6, 6.07) is 19.4. The Morgan fingerprint density at radius 2 is 1.64 bits per heavy atom. The number of hydrogen-bond donors (Lipinski definition) is 2. The van der Waals surface area contributed by atoms with Crippen molar-refractivity contribution in [3.63, 3.8) is 0 Å². The Balaban J connectivity index is 1.64. The van der Waals surface area contributed by atoms with Crippen LogP contribution in [0.5, 0.6) is 5.75 Å². The van der Waals surface area contributed by atoms with E-state index >= 15 is 0 Å². The van der Waals surface area contributed by atoms with Gasteiger partial charge >= 0.3 is 0 Å². The van der Waals surface area contributed by atoms with Crippen molar-refractivity contribution in [3.8, 4) is 5.75 Å². The first kappa shape index (κ1) is 19.4. The number of rotatable bonds is 6. The van der Waals surface area contributed by atoms with E-state index in [0.717, 1.165) is 6.07 Å². The SMILES string of the molecule is O=C(COc1ccccc1C(=O)Nc1ccccc1)Nc1ccc(Cl)cc1F. The van der Waals surface area contributed by atoms with Gasteiger partial charge < -0.3 is 15.4 Å². The normalized spacial score (nSPS) is 10.2. The van der Waals surface area contributed by atoms with Crippen LogP contribution in [0.1, 0.15) is 10.4 Å². The molecule has 0 bridgehead atoms. The molecule has 5 nitrogen and oxygen atoms in total. The van der Waals surface area contributed by atoms with E-state index in [9.17, 15) is 14.0 Å². The third kappa shape index (κ3) is 5.08. The minimum atomic E-state index is -0.650. The van der Waals surface area contributed by atoms with Crippen molar-refractivity contribution >= 4 is 34.8 Å². The lowest BCUT2D eigenvalue weighted by Gasteiger charge is -2.12. The second-order valence-corrected chi connectivity index (χ2v) is 6.21. The van der Waals surface area contributed by atoms with Crippen LogP contribution in [0.25, 0.3) is 0 Å². The van der Waals surface area contributed by atoms with Gasteiger partial charge in [0.2, 0.25) is 0 Å². The summed E-state index contributed by atoms with van der Waals surface area (Å²) in [5, 5.41) is 5.38. The third-order valence-corrected chi connectivity index (χ3v) is 3.96. The van der Waals surface area contributed by atoms with E-state index in [1.165, 1.54) is 12.1 Å². The molecule has 2 N–H and O–H groups in total. The summed E-state index contributed by atoms with van der Waals surface area (Å²) in [5.41, 5.74) is 0.906. The van der Waals surface area contributed by atoms with Crippen LogP contribution in [-0.4, -0.2) is 18.4 Å². The highest BCUT2D eigenvalue weighted by molar-refractivity contribution is 6.30. The fourth-order valence-electron chi connectivity index (χ4n) is 2.42. The van der Waals surface area contributed by atoms with E-state index in [0.29, 0.717) is 5.69 Å². The number of halogens is 2. The van der Waals surface area contributed by atoms with Gasteiger partial charge in [0.15, 0.2) is 6.61 Å².